The largest absolute Gasteiger partial charge is 0.370 e. The maximum absolute atomic E-state index is 12.0. The van der Waals surface area contributed by atoms with Crippen LogP contribution in [-0.2, 0) is 6.54 Å². The Morgan fingerprint density at radius 3 is 2.74 bits per heavy atom. The van der Waals surface area contributed by atoms with E-state index in [-0.39, 0.29) is 5.56 Å². The molecule has 2 heterocycles. The van der Waals surface area contributed by atoms with E-state index in [1.165, 1.54) is 17.5 Å². The van der Waals surface area contributed by atoms with Crippen LogP contribution in [0.1, 0.15) is 32.6 Å². The fourth-order valence-electron chi connectivity index (χ4n) is 2.39. The van der Waals surface area contributed by atoms with Gasteiger partial charge in [0.05, 0.1) is 11.9 Å². The van der Waals surface area contributed by atoms with Crippen LogP contribution < -0.4 is 10.5 Å². The van der Waals surface area contributed by atoms with Crippen LogP contribution in [0.25, 0.3) is 0 Å². The normalized spacial score (nSPS) is 16.8. The highest BCUT2D eigenvalue weighted by molar-refractivity contribution is 6.17. The third kappa shape index (κ3) is 3.96. The Balaban J connectivity index is 2.00. The van der Waals surface area contributed by atoms with Crippen LogP contribution in [-0.4, -0.2) is 28.8 Å². The average Bonchev–Trinajstić information content (AvgIpc) is 2.42. The van der Waals surface area contributed by atoms with Crippen LogP contribution in [0.15, 0.2) is 17.1 Å². The Bertz CT molecular complexity index is 452. The van der Waals surface area contributed by atoms with E-state index in [4.69, 9.17) is 11.6 Å². The number of piperidine rings is 1. The summed E-state index contributed by atoms with van der Waals surface area (Å²) >= 11 is 5.63. The first-order chi connectivity index (χ1) is 9.20. The maximum atomic E-state index is 12.0. The number of nitrogens with zero attached hydrogens (tertiary/aromatic N) is 3. The van der Waals surface area contributed by atoms with Gasteiger partial charge >= 0.3 is 0 Å². The van der Waals surface area contributed by atoms with Gasteiger partial charge in [0.15, 0.2) is 0 Å². The quantitative estimate of drug-likeness (QED) is 0.616. The highest BCUT2D eigenvalue weighted by Gasteiger charge is 2.16. The molecule has 0 N–H and O–H groups in total. The fraction of sp³-hybridized carbons (Fsp3) is 0.714. The Labute approximate surface area is 119 Å². The number of anilines is 1. The van der Waals surface area contributed by atoms with Crippen molar-refractivity contribution in [2.75, 3.05) is 23.9 Å². The van der Waals surface area contributed by atoms with Crippen molar-refractivity contribution in [2.24, 2.45) is 5.92 Å². The van der Waals surface area contributed by atoms with Gasteiger partial charge in [0.1, 0.15) is 0 Å². The Morgan fingerprint density at radius 2 is 2.11 bits per heavy atom. The van der Waals surface area contributed by atoms with Crippen molar-refractivity contribution in [1.29, 1.82) is 0 Å². The molecule has 1 aromatic heterocycles. The summed E-state index contributed by atoms with van der Waals surface area (Å²) in [5.41, 5.74) is 0.955. The number of alkyl halides is 1. The zero-order valence-electron chi connectivity index (χ0n) is 11.5. The van der Waals surface area contributed by atoms with Gasteiger partial charge in [-0.25, -0.2) is 4.68 Å². The summed E-state index contributed by atoms with van der Waals surface area (Å²) in [4.78, 5) is 14.2. The second kappa shape index (κ2) is 6.94. The van der Waals surface area contributed by atoms with E-state index in [0.29, 0.717) is 12.4 Å². The molecule has 0 saturated carbocycles. The Hall–Kier alpha value is -1.03. The van der Waals surface area contributed by atoms with Gasteiger partial charge in [-0.2, -0.15) is 5.10 Å². The summed E-state index contributed by atoms with van der Waals surface area (Å²) in [5.74, 6) is 1.43. The summed E-state index contributed by atoms with van der Waals surface area (Å²) in [5, 5.41) is 4.26. The molecule has 1 aromatic rings. The van der Waals surface area contributed by atoms with Gasteiger partial charge in [-0.3, -0.25) is 4.79 Å². The topological polar surface area (TPSA) is 38.1 Å². The minimum Gasteiger partial charge on any atom is -0.370 e. The first kappa shape index (κ1) is 14.4. The minimum atomic E-state index is -0.00862. The van der Waals surface area contributed by atoms with E-state index in [2.05, 4.69) is 16.9 Å². The van der Waals surface area contributed by atoms with Crippen molar-refractivity contribution in [2.45, 2.75) is 39.2 Å². The van der Waals surface area contributed by atoms with Gasteiger partial charge < -0.3 is 4.90 Å². The molecule has 0 radical (unpaired) electrons. The zero-order chi connectivity index (χ0) is 13.7. The second-order valence-electron chi connectivity index (χ2n) is 5.34. The summed E-state index contributed by atoms with van der Waals surface area (Å²) < 4.78 is 1.53. The molecule has 4 nitrogen and oxygen atoms in total. The maximum Gasteiger partial charge on any atom is 0.268 e. The molecule has 2 rings (SSSR count). The monoisotopic (exact) mass is 283 g/mol. The lowest BCUT2D eigenvalue weighted by Gasteiger charge is -2.31. The highest BCUT2D eigenvalue weighted by atomic mass is 35.5. The molecule has 0 aliphatic carbocycles. The SMILES string of the molecule is CC1CCN(c2cnn(CCCCCl)c(=O)c2)CC1. The summed E-state index contributed by atoms with van der Waals surface area (Å²) in [7, 11) is 0. The molecule has 0 bridgehead atoms. The third-order valence-electron chi connectivity index (χ3n) is 3.76. The molecule has 106 valence electrons. The van der Waals surface area contributed by atoms with Crippen LogP contribution in [0.3, 0.4) is 0 Å². The number of hydrogen-bond donors (Lipinski definition) is 0. The van der Waals surface area contributed by atoms with Crippen LogP contribution in [0.4, 0.5) is 5.69 Å². The lowest BCUT2D eigenvalue weighted by Crippen LogP contribution is -2.34. The van der Waals surface area contributed by atoms with Gasteiger partial charge in [-0.1, -0.05) is 6.92 Å². The average molecular weight is 284 g/mol. The molecule has 1 saturated heterocycles. The van der Waals surface area contributed by atoms with E-state index >= 15 is 0 Å². The molecule has 1 aliphatic heterocycles. The molecule has 0 atom stereocenters. The summed E-state index contributed by atoms with van der Waals surface area (Å²) in [6.45, 7) is 4.99. The van der Waals surface area contributed by atoms with Crippen LogP contribution in [0, 0.1) is 5.92 Å². The molecule has 0 amide bonds. The van der Waals surface area contributed by atoms with E-state index in [1.807, 2.05) is 6.20 Å². The first-order valence-electron chi connectivity index (χ1n) is 7.09. The van der Waals surface area contributed by atoms with Gasteiger partial charge in [0.2, 0.25) is 0 Å². The van der Waals surface area contributed by atoms with Crippen molar-refractivity contribution in [3.63, 3.8) is 0 Å². The lowest BCUT2D eigenvalue weighted by molar-refractivity contribution is 0.437. The van der Waals surface area contributed by atoms with Gasteiger partial charge in [-0.15, -0.1) is 11.6 Å². The molecule has 19 heavy (non-hydrogen) atoms. The minimum absolute atomic E-state index is 0.00862. The predicted octanol–water partition coefficient (Wildman–Crippen LogP) is 2.50. The van der Waals surface area contributed by atoms with E-state index in [0.717, 1.165) is 37.5 Å². The van der Waals surface area contributed by atoms with Gasteiger partial charge in [0.25, 0.3) is 5.56 Å². The summed E-state index contributed by atoms with van der Waals surface area (Å²) in [6, 6.07) is 1.71. The lowest BCUT2D eigenvalue weighted by atomic mass is 9.99. The van der Waals surface area contributed by atoms with Crippen molar-refractivity contribution >= 4 is 17.3 Å². The fourth-order valence-corrected chi connectivity index (χ4v) is 2.58. The highest BCUT2D eigenvalue weighted by Crippen LogP contribution is 2.20. The standard InChI is InChI=1S/C14H22ClN3O/c1-12-4-8-17(9-5-12)13-10-14(19)18(16-11-13)7-3-2-6-15/h10-12H,2-9H2,1H3. The number of hydrogen-bond acceptors (Lipinski definition) is 3. The first-order valence-corrected chi connectivity index (χ1v) is 7.62. The molecule has 1 aliphatic rings. The van der Waals surface area contributed by atoms with Crippen molar-refractivity contribution in [3.05, 3.63) is 22.6 Å². The number of rotatable bonds is 5. The molecular formula is C14H22ClN3O. The van der Waals surface area contributed by atoms with Crippen LogP contribution >= 0.6 is 11.6 Å². The van der Waals surface area contributed by atoms with E-state index < -0.39 is 0 Å². The third-order valence-corrected chi connectivity index (χ3v) is 4.02. The number of unbranched alkanes of at least 4 members (excludes halogenated alkanes) is 1. The Kier molecular flexibility index (Phi) is 5.25. The Morgan fingerprint density at radius 1 is 1.37 bits per heavy atom. The predicted molar refractivity (Wildman–Crippen MR) is 79.1 cm³/mol. The molecule has 1 fully saturated rings. The smallest absolute Gasteiger partial charge is 0.268 e. The molecule has 0 unspecified atom stereocenters. The van der Waals surface area contributed by atoms with Crippen molar-refractivity contribution in [1.82, 2.24) is 9.78 Å². The van der Waals surface area contributed by atoms with E-state index in [1.54, 1.807) is 6.07 Å². The number of halogens is 1. The molecule has 5 heteroatoms. The van der Waals surface area contributed by atoms with Crippen molar-refractivity contribution < 1.29 is 0 Å². The summed E-state index contributed by atoms with van der Waals surface area (Å²) in [6.07, 6.45) is 6.02. The zero-order valence-corrected chi connectivity index (χ0v) is 12.3. The van der Waals surface area contributed by atoms with Crippen LogP contribution in [0.2, 0.25) is 0 Å². The molecule has 0 aromatic carbocycles. The van der Waals surface area contributed by atoms with Gasteiger partial charge in [0, 0.05) is 31.6 Å². The van der Waals surface area contributed by atoms with E-state index in [9.17, 15) is 4.79 Å². The van der Waals surface area contributed by atoms with Crippen molar-refractivity contribution in [3.8, 4) is 0 Å². The molecular weight excluding hydrogens is 262 g/mol. The van der Waals surface area contributed by atoms with Crippen LogP contribution in [0.5, 0.6) is 0 Å². The number of aromatic nitrogens is 2. The number of aryl methyl sites for hydroxylation is 1. The van der Waals surface area contributed by atoms with Gasteiger partial charge in [-0.05, 0) is 31.6 Å². The second-order valence-corrected chi connectivity index (χ2v) is 5.72. The molecule has 0 spiro atoms.